The summed E-state index contributed by atoms with van der Waals surface area (Å²) in [6, 6.07) is 18.7. The number of hydrogen-bond acceptors (Lipinski definition) is 2. The summed E-state index contributed by atoms with van der Waals surface area (Å²) in [6.07, 6.45) is 3.71. The van der Waals surface area contributed by atoms with Crippen molar-refractivity contribution in [2.45, 2.75) is 19.5 Å². The molecule has 0 radical (unpaired) electrons. The summed E-state index contributed by atoms with van der Waals surface area (Å²) in [4.78, 5) is 4.14. The van der Waals surface area contributed by atoms with Gasteiger partial charge < -0.3 is 9.88 Å². The van der Waals surface area contributed by atoms with E-state index >= 15 is 0 Å². The molecule has 1 atom stereocenters. The molecular weight excluding hydrogens is 294 g/mol. The van der Waals surface area contributed by atoms with E-state index in [0.717, 1.165) is 17.9 Å². The third-order valence-corrected chi connectivity index (χ3v) is 4.01. The molecule has 3 nitrogen and oxygen atoms in total. The van der Waals surface area contributed by atoms with Gasteiger partial charge >= 0.3 is 0 Å². The van der Waals surface area contributed by atoms with E-state index in [1.165, 1.54) is 5.56 Å². The van der Waals surface area contributed by atoms with Crippen LogP contribution in [0.25, 0.3) is 5.69 Å². The Balaban J connectivity index is 1.75. The van der Waals surface area contributed by atoms with E-state index in [2.05, 4.69) is 52.1 Å². The average Bonchev–Trinajstić information content (AvgIpc) is 3.02. The number of pyridine rings is 1. The predicted octanol–water partition coefficient (Wildman–Crippen LogP) is 4.38. The van der Waals surface area contributed by atoms with E-state index in [9.17, 15) is 0 Å². The molecule has 112 valence electrons. The topological polar surface area (TPSA) is 29.9 Å². The van der Waals surface area contributed by atoms with Gasteiger partial charge in [0.25, 0.3) is 0 Å². The van der Waals surface area contributed by atoms with Gasteiger partial charge in [0.1, 0.15) is 0 Å². The molecule has 2 heterocycles. The number of nitrogens with one attached hydrogen (secondary N) is 1. The molecule has 1 N–H and O–H groups in total. The monoisotopic (exact) mass is 311 g/mol. The van der Waals surface area contributed by atoms with E-state index < -0.39 is 0 Å². The van der Waals surface area contributed by atoms with E-state index in [1.54, 1.807) is 6.20 Å². The molecule has 22 heavy (non-hydrogen) atoms. The third kappa shape index (κ3) is 3.21. The summed E-state index contributed by atoms with van der Waals surface area (Å²) < 4.78 is 2.07. The Morgan fingerprint density at radius 2 is 1.91 bits per heavy atom. The van der Waals surface area contributed by atoms with Gasteiger partial charge in [0.15, 0.2) is 5.15 Å². The molecule has 3 aromatic rings. The van der Waals surface area contributed by atoms with Gasteiger partial charge in [-0.2, -0.15) is 0 Å². The first kappa shape index (κ1) is 14.8. The summed E-state index contributed by atoms with van der Waals surface area (Å²) >= 11 is 6.19. The van der Waals surface area contributed by atoms with Gasteiger partial charge in [-0.05, 0) is 36.8 Å². The fourth-order valence-corrected chi connectivity index (χ4v) is 2.68. The summed E-state index contributed by atoms with van der Waals surface area (Å²) in [5.41, 5.74) is 3.33. The summed E-state index contributed by atoms with van der Waals surface area (Å²) in [5, 5.41) is 4.06. The van der Waals surface area contributed by atoms with Crippen molar-refractivity contribution in [3.05, 3.63) is 83.4 Å². The Labute approximate surface area is 135 Å². The van der Waals surface area contributed by atoms with Gasteiger partial charge in [-0.25, -0.2) is 4.98 Å². The number of hydrogen-bond donors (Lipinski definition) is 1. The number of rotatable bonds is 5. The van der Waals surface area contributed by atoms with Crippen molar-refractivity contribution >= 4 is 11.6 Å². The Kier molecular flexibility index (Phi) is 4.56. The van der Waals surface area contributed by atoms with Crippen LogP contribution in [0, 0.1) is 0 Å². The van der Waals surface area contributed by atoms with Crippen LogP contribution in [0.15, 0.2) is 67.0 Å². The van der Waals surface area contributed by atoms with Crippen molar-refractivity contribution in [1.82, 2.24) is 14.9 Å². The van der Waals surface area contributed by atoms with Gasteiger partial charge in [0, 0.05) is 30.7 Å². The first-order valence-corrected chi connectivity index (χ1v) is 7.69. The van der Waals surface area contributed by atoms with Crippen LogP contribution >= 0.6 is 11.6 Å². The lowest BCUT2D eigenvalue weighted by atomic mass is 10.1. The molecule has 0 saturated carbocycles. The van der Waals surface area contributed by atoms with Crippen molar-refractivity contribution in [2.24, 2.45) is 0 Å². The number of aromatic nitrogens is 2. The minimum absolute atomic E-state index is 0.286. The van der Waals surface area contributed by atoms with Crippen LogP contribution in [0.5, 0.6) is 0 Å². The molecule has 0 aliphatic rings. The zero-order chi connectivity index (χ0) is 15.4. The average molecular weight is 312 g/mol. The Hall–Kier alpha value is -2.10. The Bertz CT molecular complexity index is 737. The lowest BCUT2D eigenvalue weighted by Gasteiger charge is -2.16. The largest absolute Gasteiger partial charge is 0.317 e. The molecule has 0 fully saturated rings. The molecule has 2 aromatic heterocycles. The molecule has 0 aliphatic heterocycles. The Morgan fingerprint density at radius 3 is 2.68 bits per heavy atom. The summed E-state index contributed by atoms with van der Waals surface area (Å²) in [7, 11) is 0. The van der Waals surface area contributed by atoms with Gasteiger partial charge in [0.05, 0.1) is 5.69 Å². The zero-order valence-electron chi connectivity index (χ0n) is 12.4. The molecule has 0 aliphatic carbocycles. The van der Waals surface area contributed by atoms with Crippen molar-refractivity contribution in [3.63, 3.8) is 0 Å². The highest BCUT2D eigenvalue weighted by atomic mass is 35.5. The minimum atomic E-state index is 0.286. The maximum absolute atomic E-state index is 6.19. The van der Waals surface area contributed by atoms with Gasteiger partial charge in [-0.3, -0.25) is 0 Å². The predicted molar refractivity (Wildman–Crippen MR) is 90.3 cm³/mol. The van der Waals surface area contributed by atoms with Crippen molar-refractivity contribution in [3.8, 4) is 5.69 Å². The molecule has 1 aromatic carbocycles. The number of benzene rings is 1. The third-order valence-electron chi connectivity index (χ3n) is 3.72. The standard InChI is InChI=1S/C18H18ClN3/c1-14(15-7-3-2-4-8-15)21-13-16-9-6-12-22(16)17-10-5-11-20-18(17)19/h2-12,14,21H,13H2,1H3. The van der Waals surface area contributed by atoms with Crippen molar-refractivity contribution in [2.75, 3.05) is 0 Å². The molecule has 0 amide bonds. The quantitative estimate of drug-likeness (QED) is 0.709. The SMILES string of the molecule is CC(NCc1cccn1-c1cccnc1Cl)c1ccccc1. The zero-order valence-corrected chi connectivity index (χ0v) is 13.2. The highest BCUT2D eigenvalue weighted by molar-refractivity contribution is 6.31. The fourth-order valence-electron chi connectivity index (χ4n) is 2.47. The van der Waals surface area contributed by atoms with Crippen LogP contribution in [0.3, 0.4) is 0 Å². The van der Waals surface area contributed by atoms with Crippen molar-refractivity contribution < 1.29 is 0 Å². The van der Waals surface area contributed by atoms with Crippen LogP contribution in [0.1, 0.15) is 24.2 Å². The molecule has 0 spiro atoms. The second-order valence-electron chi connectivity index (χ2n) is 5.20. The fraction of sp³-hybridized carbons (Fsp3) is 0.167. The summed E-state index contributed by atoms with van der Waals surface area (Å²) in [5.74, 6) is 0. The molecule has 0 bridgehead atoms. The van der Waals surface area contributed by atoms with E-state index in [0.29, 0.717) is 5.15 Å². The smallest absolute Gasteiger partial charge is 0.152 e. The van der Waals surface area contributed by atoms with Crippen LogP contribution < -0.4 is 5.32 Å². The molecule has 1 unspecified atom stereocenters. The van der Waals surface area contributed by atoms with E-state index in [-0.39, 0.29) is 6.04 Å². The number of halogens is 1. The normalized spacial score (nSPS) is 12.3. The second-order valence-corrected chi connectivity index (χ2v) is 5.55. The van der Waals surface area contributed by atoms with E-state index in [4.69, 9.17) is 11.6 Å². The van der Waals surface area contributed by atoms with Crippen molar-refractivity contribution in [1.29, 1.82) is 0 Å². The highest BCUT2D eigenvalue weighted by Gasteiger charge is 2.09. The molecule has 0 saturated heterocycles. The first-order chi connectivity index (χ1) is 10.8. The molecule has 3 rings (SSSR count). The lowest BCUT2D eigenvalue weighted by Crippen LogP contribution is -2.19. The van der Waals surface area contributed by atoms with Gasteiger partial charge in [-0.15, -0.1) is 0 Å². The van der Waals surface area contributed by atoms with Crippen LogP contribution in [-0.4, -0.2) is 9.55 Å². The second kappa shape index (κ2) is 6.77. The maximum Gasteiger partial charge on any atom is 0.152 e. The minimum Gasteiger partial charge on any atom is -0.317 e. The first-order valence-electron chi connectivity index (χ1n) is 7.31. The molecular formula is C18H18ClN3. The van der Waals surface area contributed by atoms with Crippen LogP contribution in [0.2, 0.25) is 5.15 Å². The molecule has 4 heteroatoms. The Morgan fingerprint density at radius 1 is 1.09 bits per heavy atom. The summed E-state index contributed by atoms with van der Waals surface area (Å²) in [6.45, 7) is 2.92. The van der Waals surface area contributed by atoms with Crippen LogP contribution in [0.4, 0.5) is 0 Å². The highest BCUT2D eigenvalue weighted by Crippen LogP contribution is 2.20. The van der Waals surface area contributed by atoms with Gasteiger partial charge in [-0.1, -0.05) is 41.9 Å². The van der Waals surface area contributed by atoms with E-state index in [1.807, 2.05) is 30.5 Å². The van der Waals surface area contributed by atoms with Crippen LogP contribution in [-0.2, 0) is 6.54 Å². The van der Waals surface area contributed by atoms with Gasteiger partial charge in [0.2, 0.25) is 0 Å². The maximum atomic E-state index is 6.19. The lowest BCUT2D eigenvalue weighted by molar-refractivity contribution is 0.563. The number of nitrogens with zero attached hydrogens (tertiary/aromatic N) is 2.